The van der Waals surface area contributed by atoms with Crippen molar-refractivity contribution in [3.63, 3.8) is 0 Å². The van der Waals surface area contributed by atoms with E-state index in [1.165, 1.54) is 51.4 Å². The number of alkyl halides is 1. The molecular formula is C72H143ClN2O27. The largest absolute Gasteiger partial charge is 0.380 e. The maximum absolute atomic E-state index is 12.9. The molecule has 0 fully saturated rings. The molecule has 0 aromatic rings. The molecule has 30 heteroatoms. The van der Waals surface area contributed by atoms with Crippen LogP contribution in [0.1, 0.15) is 104 Å². The normalized spacial score (nSPS) is 12.0. The fourth-order valence-corrected chi connectivity index (χ4v) is 8.87. The van der Waals surface area contributed by atoms with E-state index < -0.39 is 0 Å². The Morgan fingerprint density at radius 3 is 0.676 bits per heavy atom. The summed E-state index contributed by atoms with van der Waals surface area (Å²) in [5.41, 5.74) is 0. The Morgan fingerprint density at radius 2 is 0.431 bits per heavy atom. The lowest BCUT2D eigenvalue weighted by atomic mass is 9.93. The molecule has 29 nitrogen and oxygen atoms in total. The maximum atomic E-state index is 12.9. The minimum Gasteiger partial charge on any atom is -0.380 e. The van der Waals surface area contributed by atoms with Crippen molar-refractivity contribution in [3.8, 4) is 0 Å². The number of amides is 2. The molecule has 0 aromatic heterocycles. The van der Waals surface area contributed by atoms with Gasteiger partial charge in [-0.05, 0) is 19.3 Å². The summed E-state index contributed by atoms with van der Waals surface area (Å²) in [6.45, 7) is 29.4. The minimum absolute atomic E-state index is 0.0822. The minimum atomic E-state index is -0.0822. The molecular weight excluding hydrogens is 1360 g/mol. The molecule has 0 bridgehead atoms. The molecule has 0 saturated carbocycles. The van der Waals surface area contributed by atoms with Crippen molar-refractivity contribution in [2.45, 2.75) is 104 Å². The summed E-state index contributed by atoms with van der Waals surface area (Å²) in [4.78, 5) is 25.0. The van der Waals surface area contributed by atoms with E-state index in [1.54, 1.807) is 0 Å². The van der Waals surface area contributed by atoms with Crippen LogP contribution >= 0.6 is 11.6 Å². The van der Waals surface area contributed by atoms with Crippen molar-refractivity contribution in [1.29, 1.82) is 0 Å². The molecule has 0 saturated heterocycles. The van der Waals surface area contributed by atoms with Gasteiger partial charge in [0.05, 0.1) is 324 Å². The van der Waals surface area contributed by atoms with Gasteiger partial charge in [-0.1, -0.05) is 78.1 Å². The molecule has 0 heterocycles. The highest BCUT2D eigenvalue weighted by Crippen LogP contribution is 2.19. The summed E-state index contributed by atoms with van der Waals surface area (Å²) in [5.74, 6) is 0.715. The van der Waals surface area contributed by atoms with Gasteiger partial charge < -0.3 is 129 Å². The van der Waals surface area contributed by atoms with Crippen LogP contribution in [0.2, 0.25) is 0 Å². The van der Waals surface area contributed by atoms with Gasteiger partial charge in [0.25, 0.3) is 0 Å². The first-order chi connectivity index (χ1) is 50.7. The van der Waals surface area contributed by atoms with Crippen molar-refractivity contribution in [2.75, 3.05) is 349 Å². The molecule has 2 N–H and O–H groups in total. The van der Waals surface area contributed by atoms with E-state index in [-0.39, 0.29) is 24.2 Å². The van der Waals surface area contributed by atoms with Crippen LogP contribution in [-0.2, 0) is 128 Å². The predicted octanol–water partition coefficient (Wildman–Crippen LogP) is 5.99. The third kappa shape index (κ3) is 88.9. The zero-order valence-electron chi connectivity index (χ0n) is 63.4. The molecule has 0 aliphatic rings. The highest BCUT2D eigenvalue weighted by molar-refractivity contribution is 6.17. The second-order valence-corrected chi connectivity index (χ2v) is 23.2. The molecule has 1 atom stereocenters. The maximum Gasteiger partial charge on any atom is 0.223 e. The van der Waals surface area contributed by atoms with E-state index in [0.717, 1.165) is 32.1 Å². The third-order valence-electron chi connectivity index (χ3n) is 14.3. The molecule has 0 spiro atoms. The Labute approximate surface area is 618 Å². The average molecular weight is 1500 g/mol. The Kier molecular flexibility index (Phi) is 91.8. The van der Waals surface area contributed by atoms with Gasteiger partial charge >= 0.3 is 0 Å². The van der Waals surface area contributed by atoms with Crippen LogP contribution in [0.15, 0.2) is 0 Å². The third-order valence-corrected chi connectivity index (χ3v) is 14.4. The number of halogens is 1. The fourth-order valence-electron chi connectivity index (χ4n) is 8.76. The van der Waals surface area contributed by atoms with Crippen LogP contribution in [0.25, 0.3) is 0 Å². The summed E-state index contributed by atoms with van der Waals surface area (Å²) in [6.07, 6.45) is 15.2. The Balaban J connectivity index is 3.21. The summed E-state index contributed by atoms with van der Waals surface area (Å²) >= 11 is 5.53. The topological polar surface area (TPSA) is 289 Å². The van der Waals surface area contributed by atoms with Crippen LogP contribution in [0, 0.1) is 5.92 Å². The van der Waals surface area contributed by atoms with Gasteiger partial charge in [0.1, 0.15) is 0 Å². The van der Waals surface area contributed by atoms with Gasteiger partial charge in [0, 0.05) is 37.9 Å². The van der Waals surface area contributed by atoms with Crippen LogP contribution in [0.4, 0.5) is 0 Å². The SMILES string of the molecule is CCCCCCCCC(CCCCCC)C(=O)NCCCOCCNC(=O)CCOCCOCCOCCOCCOCCOCCOCCOCCOCCOCCOCCOCCOCCOCCOCCOCCOCCOCCOCCOCCOCCOCCOCCOCCCl. The van der Waals surface area contributed by atoms with Gasteiger partial charge in [-0.3, -0.25) is 9.59 Å². The van der Waals surface area contributed by atoms with E-state index in [0.29, 0.717) is 349 Å². The Morgan fingerprint density at radius 1 is 0.225 bits per heavy atom. The first-order valence-corrected chi connectivity index (χ1v) is 38.7. The zero-order valence-corrected chi connectivity index (χ0v) is 64.1. The molecule has 0 rings (SSSR count). The lowest BCUT2D eigenvalue weighted by Gasteiger charge is -2.17. The molecule has 0 aromatic carbocycles. The summed E-state index contributed by atoms with van der Waals surface area (Å²) < 4.78 is 138. The predicted molar refractivity (Wildman–Crippen MR) is 387 cm³/mol. The standard InChI is InChI=1S/C72H143ClN2O27/c1-3-5-7-9-10-12-15-70(14-11-8-6-4-2)72(77)75-18-13-20-78-23-19-74-71(76)16-21-79-24-26-81-28-30-83-32-34-85-36-38-87-40-42-89-44-46-91-48-50-93-52-54-95-56-58-97-60-62-99-64-66-101-68-69-102-67-65-100-63-61-98-59-57-96-55-53-94-51-49-92-47-45-90-43-41-88-39-37-86-35-33-84-31-29-82-27-25-80-22-17-73/h70H,3-69H2,1-2H3,(H,74,76)(H,75,77). The van der Waals surface area contributed by atoms with Gasteiger partial charge in [-0.25, -0.2) is 0 Å². The number of nitrogens with one attached hydrogen (secondary N) is 2. The quantitative estimate of drug-likeness (QED) is 0.0522. The van der Waals surface area contributed by atoms with Gasteiger partial charge in [0.15, 0.2) is 0 Å². The zero-order chi connectivity index (χ0) is 73.2. The van der Waals surface area contributed by atoms with Crippen molar-refractivity contribution < 1.29 is 128 Å². The first kappa shape index (κ1) is 100. The first-order valence-electron chi connectivity index (χ1n) is 38.2. The lowest BCUT2D eigenvalue weighted by molar-refractivity contribution is -0.125. The van der Waals surface area contributed by atoms with E-state index in [9.17, 15) is 9.59 Å². The molecule has 1 unspecified atom stereocenters. The second kappa shape index (κ2) is 93.4. The number of carbonyl (C=O) groups excluding carboxylic acids is 2. The smallest absolute Gasteiger partial charge is 0.223 e. The number of hydrogen-bond acceptors (Lipinski definition) is 27. The van der Waals surface area contributed by atoms with Crippen molar-refractivity contribution >= 4 is 23.4 Å². The van der Waals surface area contributed by atoms with Crippen LogP contribution in [-0.4, -0.2) is 361 Å². The number of unbranched alkanes of at least 4 members (excludes halogenated alkanes) is 8. The van der Waals surface area contributed by atoms with Gasteiger partial charge in [-0.15, -0.1) is 11.6 Å². The highest BCUT2D eigenvalue weighted by atomic mass is 35.5. The summed E-state index contributed by atoms with van der Waals surface area (Å²) in [6, 6.07) is 0. The van der Waals surface area contributed by atoms with Crippen molar-refractivity contribution in [3.05, 3.63) is 0 Å². The number of hydrogen-bond donors (Lipinski definition) is 2. The monoisotopic (exact) mass is 1500 g/mol. The molecule has 0 aliphatic heterocycles. The number of rotatable bonds is 94. The summed E-state index contributed by atoms with van der Waals surface area (Å²) in [5, 5.41) is 5.99. The number of ether oxygens (including phenoxy) is 25. The lowest BCUT2D eigenvalue weighted by Crippen LogP contribution is -2.32. The highest BCUT2D eigenvalue weighted by Gasteiger charge is 2.17. The average Bonchev–Trinajstić information content (AvgIpc) is 1.31. The molecule has 0 aliphatic carbocycles. The van der Waals surface area contributed by atoms with E-state index in [1.807, 2.05) is 0 Å². The van der Waals surface area contributed by atoms with Crippen molar-refractivity contribution in [1.82, 2.24) is 10.6 Å². The van der Waals surface area contributed by atoms with Crippen LogP contribution in [0.5, 0.6) is 0 Å². The Hall–Kier alpha value is -1.77. The van der Waals surface area contributed by atoms with E-state index in [4.69, 9.17) is 130 Å². The fraction of sp³-hybridized carbons (Fsp3) is 0.972. The van der Waals surface area contributed by atoms with E-state index in [2.05, 4.69) is 24.5 Å². The van der Waals surface area contributed by atoms with Crippen molar-refractivity contribution in [2.24, 2.45) is 5.92 Å². The van der Waals surface area contributed by atoms with Gasteiger partial charge in [0.2, 0.25) is 11.8 Å². The summed E-state index contributed by atoms with van der Waals surface area (Å²) in [7, 11) is 0. The molecule has 0 radical (unpaired) electrons. The molecule has 2 amide bonds. The number of carbonyl (C=O) groups is 2. The van der Waals surface area contributed by atoms with Crippen LogP contribution in [0.3, 0.4) is 0 Å². The Bertz CT molecular complexity index is 1570. The molecule has 610 valence electrons. The molecule has 102 heavy (non-hydrogen) atoms. The van der Waals surface area contributed by atoms with Gasteiger partial charge in [-0.2, -0.15) is 0 Å². The second-order valence-electron chi connectivity index (χ2n) is 22.8. The van der Waals surface area contributed by atoms with E-state index >= 15 is 0 Å². The van der Waals surface area contributed by atoms with Crippen LogP contribution < -0.4 is 10.6 Å².